The van der Waals surface area contributed by atoms with E-state index in [9.17, 15) is 22.4 Å². The summed E-state index contributed by atoms with van der Waals surface area (Å²) in [4.78, 5) is 24.5. The molecule has 0 spiro atoms. The number of para-hydroxylation sites is 1. The predicted molar refractivity (Wildman–Crippen MR) is 90.5 cm³/mol. The topological polar surface area (TPSA) is 89.5 Å². The van der Waals surface area contributed by atoms with Crippen molar-refractivity contribution in [1.82, 2.24) is 0 Å². The molecule has 0 aromatic heterocycles. The standard InChI is InChI=1S/C17H16FNO5S/c1-11(16(20)12-7-9-13(18)10-8-12)24-17(21)14-5-3-4-6-15(14)19-25(2,22)23/h3-11,19H,1-2H3/t11-/m0/s1. The van der Waals surface area contributed by atoms with Crippen molar-refractivity contribution in [1.29, 1.82) is 0 Å². The number of hydrogen-bond acceptors (Lipinski definition) is 5. The van der Waals surface area contributed by atoms with E-state index in [0.717, 1.165) is 18.4 Å². The molecule has 132 valence electrons. The van der Waals surface area contributed by atoms with E-state index in [4.69, 9.17) is 4.74 Å². The zero-order valence-electron chi connectivity index (χ0n) is 13.5. The fraction of sp³-hybridized carbons (Fsp3) is 0.176. The Hall–Kier alpha value is -2.74. The molecule has 0 amide bonds. The Morgan fingerprint density at radius 1 is 1.08 bits per heavy atom. The van der Waals surface area contributed by atoms with E-state index in [1.165, 1.54) is 37.3 Å². The largest absolute Gasteiger partial charge is 0.451 e. The maximum Gasteiger partial charge on any atom is 0.340 e. The van der Waals surface area contributed by atoms with Crippen molar-refractivity contribution in [2.45, 2.75) is 13.0 Å². The molecule has 0 aliphatic carbocycles. The summed E-state index contributed by atoms with van der Waals surface area (Å²) in [7, 11) is -3.59. The van der Waals surface area contributed by atoms with Crippen molar-refractivity contribution in [3.8, 4) is 0 Å². The third-order valence-corrected chi connectivity index (χ3v) is 3.81. The monoisotopic (exact) mass is 365 g/mol. The zero-order valence-corrected chi connectivity index (χ0v) is 14.3. The number of anilines is 1. The Bertz CT molecular complexity index is 894. The minimum absolute atomic E-state index is 0.0216. The number of hydrogen-bond donors (Lipinski definition) is 1. The van der Waals surface area contributed by atoms with Crippen LogP contribution >= 0.6 is 0 Å². The van der Waals surface area contributed by atoms with Crippen molar-refractivity contribution in [2.75, 3.05) is 11.0 Å². The van der Waals surface area contributed by atoms with Crippen LogP contribution in [0.2, 0.25) is 0 Å². The molecule has 0 heterocycles. The van der Waals surface area contributed by atoms with Crippen molar-refractivity contribution >= 4 is 27.5 Å². The highest BCUT2D eigenvalue weighted by Gasteiger charge is 2.22. The Morgan fingerprint density at radius 3 is 2.28 bits per heavy atom. The lowest BCUT2D eigenvalue weighted by molar-refractivity contribution is 0.0320. The van der Waals surface area contributed by atoms with Crippen LogP contribution in [0.5, 0.6) is 0 Å². The number of nitrogens with one attached hydrogen (secondary N) is 1. The highest BCUT2D eigenvalue weighted by atomic mass is 32.2. The number of ether oxygens (including phenoxy) is 1. The van der Waals surface area contributed by atoms with Gasteiger partial charge < -0.3 is 4.74 Å². The van der Waals surface area contributed by atoms with Crippen LogP contribution in [-0.4, -0.2) is 32.5 Å². The maximum atomic E-state index is 12.9. The summed E-state index contributed by atoms with van der Waals surface area (Å²) in [5, 5.41) is 0. The third-order valence-electron chi connectivity index (χ3n) is 3.22. The Morgan fingerprint density at radius 2 is 1.68 bits per heavy atom. The van der Waals surface area contributed by atoms with Gasteiger partial charge >= 0.3 is 5.97 Å². The van der Waals surface area contributed by atoms with Crippen LogP contribution in [0.25, 0.3) is 0 Å². The molecule has 0 saturated carbocycles. The van der Waals surface area contributed by atoms with E-state index >= 15 is 0 Å². The smallest absolute Gasteiger partial charge is 0.340 e. The van der Waals surface area contributed by atoms with Gasteiger partial charge in [0.15, 0.2) is 6.10 Å². The second-order valence-electron chi connectivity index (χ2n) is 5.34. The quantitative estimate of drug-likeness (QED) is 0.628. The Balaban J connectivity index is 2.16. The molecule has 0 bridgehead atoms. The summed E-state index contributed by atoms with van der Waals surface area (Å²) in [5.41, 5.74) is 0.229. The second kappa shape index (κ2) is 7.43. The number of sulfonamides is 1. The molecule has 2 aromatic rings. The maximum absolute atomic E-state index is 12.9. The van der Waals surface area contributed by atoms with Gasteiger partial charge in [-0.3, -0.25) is 9.52 Å². The van der Waals surface area contributed by atoms with E-state index in [2.05, 4.69) is 4.72 Å². The van der Waals surface area contributed by atoms with Gasteiger partial charge in [-0.15, -0.1) is 0 Å². The average molecular weight is 365 g/mol. The molecule has 6 nitrogen and oxygen atoms in total. The highest BCUT2D eigenvalue weighted by molar-refractivity contribution is 7.92. The second-order valence-corrected chi connectivity index (χ2v) is 7.09. The fourth-order valence-electron chi connectivity index (χ4n) is 2.08. The van der Waals surface area contributed by atoms with Crippen LogP contribution < -0.4 is 4.72 Å². The van der Waals surface area contributed by atoms with E-state index in [-0.39, 0.29) is 16.8 Å². The molecule has 1 N–H and O–H groups in total. The van der Waals surface area contributed by atoms with Crippen LogP contribution in [0.1, 0.15) is 27.6 Å². The number of rotatable bonds is 6. The first-order valence-corrected chi connectivity index (χ1v) is 9.14. The van der Waals surface area contributed by atoms with Crippen LogP contribution in [0, 0.1) is 5.82 Å². The molecule has 25 heavy (non-hydrogen) atoms. The van der Waals surface area contributed by atoms with Gasteiger partial charge in [0.2, 0.25) is 15.8 Å². The van der Waals surface area contributed by atoms with Gasteiger partial charge in [0, 0.05) is 5.56 Å². The minimum atomic E-state index is -3.59. The van der Waals surface area contributed by atoms with E-state index in [1.807, 2.05) is 0 Å². The molecule has 0 saturated heterocycles. The molecule has 2 aromatic carbocycles. The van der Waals surface area contributed by atoms with Gasteiger partial charge in [-0.1, -0.05) is 12.1 Å². The first-order valence-electron chi connectivity index (χ1n) is 7.25. The van der Waals surface area contributed by atoms with Crippen molar-refractivity contribution in [2.24, 2.45) is 0 Å². The molecule has 2 rings (SSSR count). The van der Waals surface area contributed by atoms with Crippen LogP contribution in [0.4, 0.5) is 10.1 Å². The SMILES string of the molecule is C[C@H](OC(=O)c1ccccc1NS(C)(=O)=O)C(=O)c1ccc(F)cc1. The summed E-state index contributed by atoms with van der Waals surface area (Å²) in [6.45, 7) is 1.39. The average Bonchev–Trinajstić information content (AvgIpc) is 2.53. The number of benzene rings is 2. The zero-order chi connectivity index (χ0) is 18.6. The molecule has 0 aliphatic rings. The summed E-state index contributed by atoms with van der Waals surface area (Å²) in [6, 6.07) is 10.7. The Labute approximate surface area is 144 Å². The summed E-state index contributed by atoms with van der Waals surface area (Å²) >= 11 is 0. The molecule has 0 aliphatic heterocycles. The van der Waals surface area contributed by atoms with Crippen molar-refractivity contribution < 1.29 is 27.1 Å². The van der Waals surface area contributed by atoms with Gasteiger partial charge in [-0.05, 0) is 43.3 Å². The first-order chi connectivity index (χ1) is 11.7. The molecule has 8 heteroatoms. The van der Waals surface area contributed by atoms with E-state index in [1.54, 1.807) is 6.07 Å². The van der Waals surface area contributed by atoms with E-state index < -0.39 is 33.7 Å². The van der Waals surface area contributed by atoms with Gasteiger partial charge in [0.1, 0.15) is 5.82 Å². The molecular weight excluding hydrogens is 349 g/mol. The van der Waals surface area contributed by atoms with Crippen molar-refractivity contribution in [3.05, 3.63) is 65.5 Å². The van der Waals surface area contributed by atoms with Gasteiger partial charge in [-0.2, -0.15) is 0 Å². The normalized spacial score (nSPS) is 12.3. The molecule has 0 unspecified atom stereocenters. The highest BCUT2D eigenvalue weighted by Crippen LogP contribution is 2.19. The summed E-state index contributed by atoms with van der Waals surface area (Å²) in [6.07, 6.45) is -0.167. The van der Waals surface area contributed by atoms with Crippen LogP contribution in [0.3, 0.4) is 0 Å². The number of carbonyl (C=O) groups excluding carboxylic acids is 2. The summed E-state index contributed by atoms with van der Waals surface area (Å²) in [5.74, 6) is -1.83. The van der Waals surface area contributed by atoms with E-state index in [0.29, 0.717) is 0 Å². The van der Waals surface area contributed by atoms with Crippen molar-refractivity contribution in [3.63, 3.8) is 0 Å². The first kappa shape index (κ1) is 18.6. The third kappa shape index (κ3) is 5.12. The lowest BCUT2D eigenvalue weighted by Gasteiger charge is -2.14. The number of carbonyl (C=O) groups is 2. The summed E-state index contributed by atoms with van der Waals surface area (Å²) < 4.78 is 43.0. The fourth-order valence-corrected chi connectivity index (χ4v) is 2.65. The van der Waals surface area contributed by atoms with Gasteiger partial charge in [0.25, 0.3) is 0 Å². The predicted octanol–water partition coefficient (Wildman–Crippen LogP) is 2.63. The lowest BCUT2D eigenvalue weighted by atomic mass is 10.1. The lowest BCUT2D eigenvalue weighted by Crippen LogP contribution is -2.25. The van der Waals surface area contributed by atoms with Gasteiger partial charge in [0.05, 0.1) is 17.5 Å². The molecule has 1 atom stereocenters. The molecule has 0 radical (unpaired) electrons. The molecule has 0 fully saturated rings. The van der Waals surface area contributed by atoms with Gasteiger partial charge in [-0.25, -0.2) is 17.6 Å². The molecular formula is C17H16FNO5S. The van der Waals surface area contributed by atoms with Crippen LogP contribution in [0.15, 0.2) is 48.5 Å². The number of esters is 1. The van der Waals surface area contributed by atoms with Crippen LogP contribution in [-0.2, 0) is 14.8 Å². The Kier molecular flexibility index (Phi) is 5.53. The minimum Gasteiger partial charge on any atom is -0.451 e. The number of Topliss-reactive ketones (excluding diaryl/α,β-unsaturated/α-hetero) is 1. The number of ketones is 1. The number of halogens is 1.